The Morgan fingerprint density at radius 2 is 2.19 bits per heavy atom. The summed E-state index contributed by atoms with van der Waals surface area (Å²) in [4.78, 5) is 8.93. The molecule has 3 aromatic rings. The second-order valence-electron chi connectivity index (χ2n) is 7.42. The van der Waals surface area contributed by atoms with Gasteiger partial charge in [-0.2, -0.15) is 0 Å². The number of rotatable bonds is 6. The molecule has 4 rings (SSSR count). The Bertz CT molecular complexity index is 955. The molecule has 0 fully saturated rings. The molecular formula is C21H25ClN4O. The van der Waals surface area contributed by atoms with Crippen LogP contribution >= 0.6 is 11.6 Å². The monoisotopic (exact) mass is 384 g/mol. The van der Waals surface area contributed by atoms with Gasteiger partial charge in [0.25, 0.3) is 0 Å². The maximum absolute atomic E-state index is 10.4. The number of aliphatic hydroxyl groups is 1. The first-order valence-electron chi connectivity index (χ1n) is 9.60. The first kappa shape index (κ1) is 18.3. The van der Waals surface area contributed by atoms with Crippen LogP contribution in [0.4, 0.5) is 5.82 Å². The van der Waals surface area contributed by atoms with Crippen molar-refractivity contribution in [2.75, 3.05) is 5.32 Å². The molecule has 2 aromatic heterocycles. The molecule has 0 spiro atoms. The number of hydrogen-bond donors (Lipinski definition) is 2. The Hall–Kier alpha value is -2.11. The Morgan fingerprint density at radius 3 is 3.00 bits per heavy atom. The van der Waals surface area contributed by atoms with Crippen LogP contribution in [0, 0.1) is 5.92 Å². The van der Waals surface area contributed by atoms with Crippen molar-refractivity contribution in [3.63, 3.8) is 0 Å². The summed E-state index contributed by atoms with van der Waals surface area (Å²) in [5, 5.41) is 15.8. The van der Waals surface area contributed by atoms with Gasteiger partial charge >= 0.3 is 0 Å². The number of aromatic nitrogens is 3. The van der Waals surface area contributed by atoms with Gasteiger partial charge < -0.3 is 15.0 Å². The van der Waals surface area contributed by atoms with E-state index >= 15 is 0 Å². The molecule has 0 bridgehead atoms. The van der Waals surface area contributed by atoms with Crippen molar-refractivity contribution in [3.8, 4) is 0 Å². The molecule has 1 aliphatic carbocycles. The molecule has 5 nitrogen and oxygen atoms in total. The number of anilines is 1. The number of aliphatic hydroxyl groups excluding tert-OH is 1. The minimum Gasteiger partial charge on any atom is -0.391 e. The van der Waals surface area contributed by atoms with Crippen LogP contribution < -0.4 is 5.32 Å². The maximum Gasteiger partial charge on any atom is 0.145 e. The third kappa shape index (κ3) is 3.42. The molecule has 0 saturated carbocycles. The molecule has 27 heavy (non-hydrogen) atoms. The molecule has 0 radical (unpaired) electrons. The average Bonchev–Trinajstić information content (AvgIpc) is 3.27. The van der Waals surface area contributed by atoms with Crippen molar-refractivity contribution >= 4 is 28.5 Å². The number of nitrogens with zero attached hydrogens (tertiary/aromatic N) is 3. The third-order valence-electron chi connectivity index (χ3n) is 5.77. The summed E-state index contributed by atoms with van der Waals surface area (Å²) in [6.45, 7) is 4.70. The Balaban J connectivity index is 1.60. The summed E-state index contributed by atoms with van der Waals surface area (Å²) in [5.41, 5.74) is 3.33. The van der Waals surface area contributed by atoms with E-state index in [0.29, 0.717) is 6.54 Å². The van der Waals surface area contributed by atoms with E-state index < -0.39 is 0 Å². The van der Waals surface area contributed by atoms with Gasteiger partial charge in [0.05, 0.1) is 24.1 Å². The Kier molecular flexibility index (Phi) is 5.06. The van der Waals surface area contributed by atoms with E-state index in [1.807, 2.05) is 29.0 Å². The number of fused-ring (bicyclic) bond motifs is 2. The SMILES string of the molecule is CC[C@@H](C)[C@@H](O)Cn1ccc2c(N[C@@H]3CCc4c(Cl)cccc43)ncnc21. The van der Waals surface area contributed by atoms with E-state index in [1.165, 1.54) is 11.1 Å². The number of halogens is 1. The van der Waals surface area contributed by atoms with Gasteiger partial charge in [-0.3, -0.25) is 0 Å². The molecule has 3 atom stereocenters. The highest BCUT2D eigenvalue weighted by molar-refractivity contribution is 6.31. The van der Waals surface area contributed by atoms with Crippen molar-refractivity contribution in [1.29, 1.82) is 0 Å². The summed E-state index contributed by atoms with van der Waals surface area (Å²) in [5.74, 6) is 1.08. The van der Waals surface area contributed by atoms with Crippen molar-refractivity contribution in [2.45, 2.75) is 51.8 Å². The molecule has 2 N–H and O–H groups in total. The Morgan fingerprint density at radius 1 is 1.33 bits per heavy atom. The van der Waals surface area contributed by atoms with E-state index in [-0.39, 0.29) is 18.1 Å². The van der Waals surface area contributed by atoms with Crippen LogP contribution in [0.3, 0.4) is 0 Å². The van der Waals surface area contributed by atoms with Gasteiger partial charge in [-0.15, -0.1) is 0 Å². The lowest BCUT2D eigenvalue weighted by atomic mass is 10.0. The number of nitrogens with one attached hydrogen (secondary N) is 1. The summed E-state index contributed by atoms with van der Waals surface area (Å²) < 4.78 is 2.01. The molecule has 0 amide bonds. The van der Waals surface area contributed by atoms with Gasteiger partial charge in [0.1, 0.15) is 17.8 Å². The zero-order valence-corrected chi connectivity index (χ0v) is 16.4. The van der Waals surface area contributed by atoms with Gasteiger partial charge in [-0.05, 0) is 42.0 Å². The topological polar surface area (TPSA) is 63.0 Å². The van der Waals surface area contributed by atoms with E-state index in [2.05, 4.69) is 35.2 Å². The molecule has 2 heterocycles. The second kappa shape index (κ2) is 7.49. The minimum absolute atomic E-state index is 0.200. The van der Waals surface area contributed by atoms with Crippen LogP contribution in [0.25, 0.3) is 11.0 Å². The highest BCUT2D eigenvalue weighted by Gasteiger charge is 2.25. The van der Waals surface area contributed by atoms with Crippen LogP contribution in [0.1, 0.15) is 43.9 Å². The zero-order chi connectivity index (χ0) is 19.0. The highest BCUT2D eigenvalue weighted by Crippen LogP contribution is 2.38. The maximum atomic E-state index is 10.4. The van der Waals surface area contributed by atoms with Gasteiger partial charge in [0.2, 0.25) is 0 Å². The minimum atomic E-state index is -0.388. The van der Waals surface area contributed by atoms with E-state index in [1.54, 1.807) is 6.33 Å². The zero-order valence-electron chi connectivity index (χ0n) is 15.7. The van der Waals surface area contributed by atoms with Crippen molar-refractivity contribution < 1.29 is 5.11 Å². The number of hydrogen-bond acceptors (Lipinski definition) is 4. The molecule has 6 heteroatoms. The van der Waals surface area contributed by atoms with Gasteiger partial charge in [0, 0.05) is 11.2 Å². The predicted octanol–water partition coefficient (Wildman–Crippen LogP) is 4.59. The standard InChI is InChI=1S/C21H25ClN4O/c1-3-13(2)19(27)11-26-10-9-16-20(23-12-24-21(16)26)25-18-8-7-14-15(18)5-4-6-17(14)22/h4-6,9-10,12-13,18-19,27H,3,7-8,11H2,1-2H3,(H,23,24,25)/t13-,18-,19+/m1/s1. The quantitative estimate of drug-likeness (QED) is 0.652. The largest absolute Gasteiger partial charge is 0.391 e. The summed E-state index contributed by atoms with van der Waals surface area (Å²) >= 11 is 6.34. The molecule has 0 saturated heterocycles. The fourth-order valence-corrected chi connectivity index (χ4v) is 4.12. The fraction of sp³-hybridized carbons (Fsp3) is 0.429. The lowest BCUT2D eigenvalue weighted by molar-refractivity contribution is 0.0977. The smallest absolute Gasteiger partial charge is 0.145 e. The van der Waals surface area contributed by atoms with Gasteiger partial charge in [0.15, 0.2) is 0 Å². The predicted molar refractivity (Wildman–Crippen MR) is 109 cm³/mol. The molecule has 0 unspecified atom stereocenters. The summed E-state index contributed by atoms with van der Waals surface area (Å²) in [6.07, 6.45) is 6.10. The summed E-state index contributed by atoms with van der Waals surface area (Å²) in [7, 11) is 0. The van der Waals surface area contributed by atoms with E-state index in [0.717, 1.165) is 41.1 Å². The highest BCUT2D eigenvalue weighted by atomic mass is 35.5. The Labute approximate surface area is 164 Å². The van der Waals surface area contributed by atoms with Crippen LogP contribution in [-0.4, -0.2) is 25.7 Å². The van der Waals surface area contributed by atoms with Gasteiger partial charge in [-0.25, -0.2) is 9.97 Å². The van der Waals surface area contributed by atoms with Crippen molar-refractivity contribution in [2.24, 2.45) is 5.92 Å². The second-order valence-corrected chi connectivity index (χ2v) is 7.83. The van der Waals surface area contributed by atoms with Crippen molar-refractivity contribution in [3.05, 3.63) is 52.9 Å². The fourth-order valence-electron chi connectivity index (χ4n) is 3.84. The lowest BCUT2D eigenvalue weighted by Gasteiger charge is -2.18. The third-order valence-corrected chi connectivity index (χ3v) is 6.12. The normalized spacial score (nSPS) is 18.4. The first-order valence-corrected chi connectivity index (χ1v) is 9.98. The first-order chi connectivity index (χ1) is 13.1. The van der Waals surface area contributed by atoms with Crippen molar-refractivity contribution in [1.82, 2.24) is 14.5 Å². The van der Waals surface area contributed by atoms with Crippen LogP contribution in [-0.2, 0) is 13.0 Å². The molecule has 0 aliphatic heterocycles. The average molecular weight is 385 g/mol. The number of benzene rings is 1. The molecule has 142 valence electrons. The van der Waals surface area contributed by atoms with Crippen LogP contribution in [0.2, 0.25) is 5.02 Å². The van der Waals surface area contributed by atoms with E-state index in [4.69, 9.17) is 11.6 Å². The molecule has 1 aliphatic rings. The van der Waals surface area contributed by atoms with E-state index in [9.17, 15) is 5.11 Å². The summed E-state index contributed by atoms with van der Waals surface area (Å²) in [6, 6.07) is 8.32. The van der Waals surface area contributed by atoms with Crippen LogP contribution in [0.15, 0.2) is 36.8 Å². The molecular weight excluding hydrogens is 360 g/mol. The molecule has 1 aromatic carbocycles. The van der Waals surface area contributed by atoms with Gasteiger partial charge in [-0.1, -0.05) is 44.0 Å². The lowest BCUT2D eigenvalue weighted by Crippen LogP contribution is -2.23. The van der Waals surface area contributed by atoms with Crippen LogP contribution in [0.5, 0.6) is 0 Å².